The number of ether oxygens (including phenoxy) is 2. The Labute approximate surface area is 143 Å². The lowest BCUT2D eigenvalue weighted by molar-refractivity contribution is -0.385. The second kappa shape index (κ2) is 6.68. The van der Waals surface area contributed by atoms with Crippen molar-refractivity contribution in [2.75, 3.05) is 18.9 Å². The number of rotatable bonds is 6. The van der Waals surface area contributed by atoms with Crippen LogP contribution in [0.3, 0.4) is 0 Å². The van der Waals surface area contributed by atoms with Gasteiger partial charge in [-0.1, -0.05) is 0 Å². The van der Waals surface area contributed by atoms with Crippen LogP contribution in [0.4, 0.5) is 11.4 Å². The average molecular weight is 342 g/mol. The summed E-state index contributed by atoms with van der Waals surface area (Å²) < 4.78 is 11.0. The molecule has 8 heteroatoms. The largest absolute Gasteiger partial charge is 0.493 e. The van der Waals surface area contributed by atoms with Crippen molar-refractivity contribution in [1.29, 1.82) is 0 Å². The number of nitrogens with zero attached hydrogens (tertiary/aromatic N) is 2. The zero-order valence-electron chi connectivity index (χ0n) is 13.9. The number of anilines is 1. The van der Waals surface area contributed by atoms with Crippen molar-refractivity contribution in [2.45, 2.75) is 13.8 Å². The lowest BCUT2D eigenvalue weighted by Gasteiger charge is -2.11. The number of nitrogen functional groups attached to an aromatic ring is 1. The van der Waals surface area contributed by atoms with Crippen LogP contribution < -0.4 is 15.2 Å². The average Bonchev–Trinajstić information content (AvgIpc) is 2.98. The predicted octanol–water partition coefficient (Wildman–Crippen LogP) is 3.52. The Morgan fingerprint density at radius 3 is 2.56 bits per heavy atom. The number of imidazole rings is 1. The summed E-state index contributed by atoms with van der Waals surface area (Å²) in [4.78, 5) is 18.5. The molecule has 0 saturated carbocycles. The summed E-state index contributed by atoms with van der Waals surface area (Å²) in [5.41, 5.74) is 8.20. The van der Waals surface area contributed by atoms with Gasteiger partial charge in [0.2, 0.25) is 5.75 Å². The SMILES string of the molecule is CCOc1cc(OCC)c([N+](=O)[O-])cc1-c1nc2ccc(N)cc2[nH]1. The molecule has 130 valence electrons. The maximum atomic E-state index is 11.4. The van der Waals surface area contributed by atoms with Gasteiger partial charge in [-0.3, -0.25) is 10.1 Å². The Morgan fingerprint density at radius 2 is 1.88 bits per heavy atom. The molecule has 0 aliphatic rings. The number of fused-ring (bicyclic) bond motifs is 1. The summed E-state index contributed by atoms with van der Waals surface area (Å²) in [6.45, 7) is 4.33. The molecule has 0 atom stereocenters. The topological polar surface area (TPSA) is 116 Å². The Balaban J connectivity index is 2.20. The Kier molecular flexibility index (Phi) is 4.42. The highest BCUT2D eigenvalue weighted by molar-refractivity contribution is 5.84. The van der Waals surface area contributed by atoms with Crippen molar-refractivity contribution in [1.82, 2.24) is 9.97 Å². The summed E-state index contributed by atoms with van der Waals surface area (Å²) in [5.74, 6) is 1.10. The maximum Gasteiger partial charge on any atom is 0.311 e. The highest BCUT2D eigenvalue weighted by atomic mass is 16.6. The third kappa shape index (κ3) is 3.18. The fraction of sp³-hybridized carbons (Fsp3) is 0.235. The molecule has 0 amide bonds. The van der Waals surface area contributed by atoms with E-state index in [9.17, 15) is 10.1 Å². The van der Waals surface area contributed by atoms with Gasteiger partial charge in [-0.05, 0) is 32.0 Å². The summed E-state index contributed by atoms with van der Waals surface area (Å²) in [7, 11) is 0. The van der Waals surface area contributed by atoms with Crippen LogP contribution >= 0.6 is 0 Å². The number of nitro benzene ring substituents is 1. The van der Waals surface area contributed by atoms with E-state index in [4.69, 9.17) is 15.2 Å². The number of H-pyrrole nitrogens is 1. The van der Waals surface area contributed by atoms with Gasteiger partial charge in [0.25, 0.3) is 0 Å². The van der Waals surface area contributed by atoms with Crippen molar-refractivity contribution < 1.29 is 14.4 Å². The molecule has 0 aliphatic carbocycles. The first-order chi connectivity index (χ1) is 12.0. The Hall–Kier alpha value is -3.29. The minimum Gasteiger partial charge on any atom is -0.493 e. The van der Waals surface area contributed by atoms with Gasteiger partial charge in [0.05, 0.1) is 34.7 Å². The molecule has 25 heavy (non-hydrogen) atoms. The molecular weight excluding hydrogens is 324 g/mol. The number of hydrogen-bond acceptors (Lipinski definition) is 6. The zero-order valence-corrected chi connectivity index (χ0v) is 13.9. The predicted molar refractivity (Wildman–Crippen MR) is 94.9 cm³/mol. The molecule has 1 heterocycles. The lowest BCUT2D eigenvalue weighted by Crippen LogP contribution is -2.01. The molecule has 0 saturated heterocycles. The van der Waals surface area contributed by atoms with E-state index in [2.05, 4.69) is 9.97 Å². The number of nitro groups is 1. The molecule has 0 unspecified atom stereocenters. The van der Waals surface area contributed by atoms with Gasteiger partial charge < -0.3 is 20.2 Å². The molecule has 3 rings (SSSR count). The van der Waals surface area contributed by atoms with Gasteiger partial charge in [0.15, 0.2) is 0 Å². The van der Waals surface area contributed by atoms with Crippen molar-refractivity contribution >= 4 is 22.4 Å². The molecule has 2 aromatic carbocycles. The van der Waals surface area contributed by atoms with Gasteiger partial charge >= 0.3 is 5.69 Å². The standard InChI is InChI=1S/C17H18N4O4/c1-3-24-15-9-16(25-4-2)14(21(22)23)8-11(15)17-19-12-6-5-10(18)7-13(12)20-17/h5-9H,3-4,18H2,1-2H3,(H,19,20). The molecule has 0 fully saturated rings. The summed E-state index contributed by atoms with van der Waals surface area (Å²) in [6, 6.07) is 8.24. The number of nitrogens with one attached hydrogen (secondary N) is 1. The minimum atomic E-state index is -0.481. The van der Waals surface area contributed by atoms with E-state index < -0.39 is 4.92 Å². The normalized spacial score (nSPS) is 10.8. The Morgan fingerprint density at radius 1 is 1.16 bits per heavy atom. The number of benzene rings is 2. The molecule has 0 radical (unpaired) electrons. The third-order valence-corrected chi connectivity index (χ3v) is 3.62. The maximum absolute atomic E-state index is 11.4. The van der Waals surface area contributed by atoms with Crippen LogP contribution in [0.1, 0.15) is 13.8 Å². The van der Waals surface area contributed by atoms with Crippen molar-refractivity contribution in [3.05, 3.63) is 40.4 Å². The van der Waals surface area contributed by atoms with Crippen LogP contribution in [0.2, 0.25) is 0 Å². The fourth-order valence-corrected chi connectivity index (χ4v) is 2.58. The van der Waals surface area contributed by atoms with Gasteiger partial charge in [-0.2, -0.15) is 0 Å². The van der Waals surface area contributed by atoms with E-state index in [1.54, 1.807) is 25.1 Å². The number of aromatic amines is 1. The lowest BCUT2D eigenvalue weighted by atomic mass is 10.1. The van der Waals surface area contributed by atoms with Crippen LogP contribution in [0.25, 0.3) is 22.4 Å². The number of aromatic nitrogens is 2. The first-order valence-corrected chi connectivity index (χ1v) is 7.87. The highest BCUT2D eigenvalue weighted by Crippen LogP contribution is 2.39. The van der Waals surface area contributed by atoms with E-state index in [1.807, 2.05) is 6.92 Å². The van der Waals surface area contributed by atoms with E-state index in [0.717, 1.165) is 5.52 Å². The van der Waals surface area contributed by atoms with Gasteiger partial charge in [0, 0.05) is 17.8 Å². The first kappa shape index (κ1) is 16.6. The van der Waals surface area contributed by atoms with Crippen molar-refractivity contribution in [3.8, 4) is 22.9 Å². The van der Waals surface area contributed by atoms with Gasteiger partial charge in [-0.15, -0.1) is 0 Å². The van der Waals surface area contributed by atoms with Crippen molar-refractivity contribution in [2.24, 2.45) is 0 Å². The first-order valence-electron chi connectivity index (χ1n) is 7.87. The fourth-order valence-electron chi connectivity index (χ4n) is 2.58. The second-order valence-electron chi connectivity index (χ2n) is 5.30. The summed E-state index contributed by atoms with van der Waals surface area (Å²) in [5, 5.41) is 11.4. The molecule has 8 nitrogen and oxygen atoms in total. The van der Waals surface area contributed by atoms with Crippen LogP contribution in [0.5, 0.6) is 11.5 Å². The smallest absolute Gasteiger partial charge is 0.311 e. The van der Waals surface area contributed by atoms with Gasteiger partial charge in [-0.25, -0.2) is 4.98 Å². The monoisotopic (exact) mass is 342 g/mol. The van der Waals surface area contributed by atoms with Crippen LogP contribution in [0.15, 0.2) is 30.3 Å². The van der Waals surface area contributed by atoms with Crippen LogP contribution in [0, 0.1) is 10.1 Å². The second-order valence-corrected chi connectivity index (χ2v) is 5.30. The number of hydrogen-bond donors (Lipinski definition) is 2. The third-order valence-electron chi connectivity index (χ3n) is 3.62. The molecule has 1 aromatic heterocycles. The summed E-state index contributed by atoms with van der Waals surface area (Å²) >= 11 is 0. The van der Waals surface area contributed by atoms with E-state index >= 15 is 0 Å². The van der Waals surface area contributed by atoms with Crippen LogP contribution in [-0.2, 0) is 0 Å². The molecular formula is C17H18N4O4. The molecule has 0 spiro atoms. The number of nitrogens with two attached hydrogens (primary N) is 1. The summed E-state index contributed by atoms with van der Waals surface area (Å²) in [6.07, 6.45) is 0. The van der Waals surface area contributed by atoms with Gasteiger partial charge in [0.1, 0.15) is 11.6 Å². The van der Waals surface area contributed by atoms with E-state index in [0.29, 0.717) is 41.6 Å². The minimum absolute atomic E-state index is 0.139. The highest BCUT2D eigenvalue weighted by Gasteiger charge is 2.22. The molecule has 3 aromatic rings. The Bertz CT molecular complexity index is 936. The quantitative estimate of drug-likeness (QED) is 0.402. The molecule has 3 N–H and O–H groups in total. The van der Waals surface area contributed by atoms with E-state index in [-0.39, 0.29) is 11.4 Å². The van der Waals surface area contributed by atoms with Crippen LogP contribution in [-0.4, -0.2) is 28.1 Å². The molecule has 0 bridgehead atoms. The zero-order chi connectivity index (χ0) is 18.0. The van der Waals surface area contributed by atoms with E-state index in [1.165, 1.54) is 12.1 Å². The van der Waals surface area contributed by atoms with Crippen molar-refractivity contribution in [3.63, 3.8) is 0 Å². The molecule has 0 aliphatic heterocycles.